The average molecular weight is 458 g/mol. The van der Waals surface area contributed by atoms with Crippen molar-refractivity contribution in [2.75, 3.05) is 4.90 Å². The predicted molar refractivity (Wildman–Crippen MR) is 127 cm³/mol. The van der Waals surface area contributed by atoms with Crippen molar-refractivity contribution in [2.45, 2.75) is 6.04 Å². The molecule has 0 spiro atoms. The quantitative estimate of drug-likeness (QED) is 0.224. The number of halogens is 2. The first kappa shape index (κ1) is 20.9. The number of amides is 1. The van der Waals surface area contributed by atoms with E-state index in [0.717, 1.165) is 10.8 Å². The monoisotopic (exact) mass is 457 g/mol. The van der Waals surface area contributed by atoms with Crippen molar-refractivity contribution >= 4 is 45.5 Å². The van der Waals surface area contributed by atoms with Gasteiger partial charge >= 0.3 is 0 Å². The highest BCUT2D eigenvalue weighted by Crippen LogP contribution is 2.43. The van der Waals surface area contributed by atoms with Gasteiger partial charge in [0.15, 0.2) is 0 Å². The highest BCUT2D eigenvalue weighted by atomic mass is 35.5. The summed E-state index contributed by atoms with van der Waals surface area (Å²) < 4.78 is 14.9. The molecule has 0 aromatic heterocycles. The van der Waals surface area contributed by atoms with Crippen LogP contribution in [0.2, 0.25) is 5.02 Å². The predicted octanol–water partition coefficient (Wildman–Crippen LogP) is 6.26. The third-order valence-corrected chi connectivity index (χ3v) is 6.02. The summed E-state index contributed by atoms with van der Waals surface area (Å²) in [5, 5.41) is 13.5. The number of Topliss-reactive ketones (excluding diaryl/α,β-unsaturated/α-hetero) is 1. The van der Waals surface area contributed by atoms with E-state index >= 15 is 0 Å². The largest absolute Gasteiger partial charge is 0.507 e. The number of aliphatic hydroxyl groups is 1. The maximum atomic E-state index is 14.9. The molecule has 4 aromatic rings. The maximum absolute atomic E-state index is 14.9. The molecular weight excluding hydrogens is 441 g/mol. The van der Waals surface area contributed by atoms with Gasteiger partial charge < -0.3 is 5.11 Å². The van der Waals surface area contributed by atoms with Gasteiger partial charge in [0.2, 0.25) is 0 Å². The van der Waals surface area contributed by atoms with Crippen LogP contribution in [0.3, 0.4) is 0 Å². The minimum atomic E-state index is -1.14. The van der Waals surface area contributed by atoms with Gasteiger partial charge in [0.05, 0.1) is 11.6 Å². The van der Waals surface area contributed by atoms with E-state index in [9.17, 15) is 19.1 Å². The Bertz CT molecular complexity index is 1450. The molecule has 1 heterocycles. The summed E-state index contributed by atoms with van der Waals surface area (Å²) in [5.74, 6) is -2.69. The fourth-order valence-electron chi connectivity index (χ4n) is 4.18. The number of nitrogens with zero attached hydrogens (tertiary/aromatic N) is 1. The van der Waals surface area contributed by atoms with E-state index in [2.05, 4.69) is 0 Å². The Kier molecular flexibility index (Phi) is 5.19. The van der Waals surface area contributed by atoms with Crippen molar-refractivity contribution < 1.29 is 19.1 Å². The first-order chi connectivity index (χ1) is 16.0. The Morgan fingerprint density at radius 2 is 1.52 bits per heavy atom. The van der Waals surface area contributed by atoms with Crippen molar-refractivity contribution in [1.82, 2.24) is 0 Å². The second-order valence-electron chi connectivity index (χ2n) is 7.73. The highest BCUT2D eigenvalue weighted by Gasteiger charge is 2.47. The molecule has 4 aromatic carbocycles. The molecule has 1 fully saturated rings. The van der Waals surface area contributed by atoms with E-state index in [-0.39, 0.29) is 16.9 Å². The molecule has 0 bridgehead atoms. The van der Waals surface area contributed by atoms with Crippen LogP contribution in [-0.4, -0.2) is 16.8 Å². The van der Waals surface area contributed by atoms with Crippen molar-refractivity contribution in [3.63, 3.8) is 0 Å². The Balaban J connectivity index is 1.74. The SMILES string of the molecule is O=C1C(=O)N(c2ccc(Cl)cc2)C(c2ccccc2F)/C1=C(\O)c1ccc2ccccc2c1. The summed E-state index contributed by atoms with van der Waals surface area (Å²) in [4.78, 5) is 27.5. The molecule has 1 aliphatic rings. The van der Waals surface area contributed by atoms with Crippen LogP contribution >= 0.6 is 11.6 Å². The van der Waals surface area contributed by atoms with Gasteiger partial charge in [-0.15, -0.1) is 0 Å². The molecule has 162 valence electrons. The lowest BCUT2D eigenvalue weighted by atomic mass is 9.94. The number of hydrogen-bond acceptors (Lipinski definition) is 3. The molecule has 1 aliphatic heterocycles. The molecule has 5 rings (SSSR count). The van der Waals surface area contributed by atoms with Gasteiger partial charge in [-0.05, 0) is 47.2 Å². The number of carbonyl (C=O) groups is 2. The molecule has 1 unspecified atom stereocenters. The fourth-order valence-corrected chi connectivity index (χ4v) is 4.31. The third-order valence-electron chi connectivity index (χ3n) is 5.77. The van der Waals surface area contributed by atoms with Crippen molar-refractivity contribution in [3.05, 3.63) is 119 Å². The number of carbonyl (C=O) groups excluding carboxylic acids is 2. The lowest BCUT2D eigenvalue weighted by Crippen LogP contribution is -2.29. The highest BCUT2D eigenvalue weighted by molar-refractivity contribution is 6.51. The molecule has 4 nitrogen and oxygen atoms in total. The van der Waals surface area contributed by atoms with Crippen LogP contribution in [0.5, 0.6) is 0 Å². The molecular formula is C27H17ClFNO3. The number of fused-ring (bicyclic) bond motifs is 1. The first-order valence-electron chi connectivity index (χ1n) is 10.3. The van der Waals surface area contributed by atoms with Crippen LogP contribution in [0.4, 0.5) is 10.1 Å². The van der Waals surface area contributed by atoms with Crippen LogP contribution in [0.1, 0.15) is 17.2 Å². The number of aliphatic hydroxyl groups excluding tert-OH is 1. The average Bonchev–Trinajstić information content (AvgIpc) is 3.09. The van der Waals surface area contributed by atoms with Crippen LogP contribution in [0.15, 0.2) is 96.6 Å². The van der Waals surface area contributed by atoms with Gasteiger partial charge in [0, 0.05) is 21.8 Å². The number of ketones is 1. The van der Waals surface area contributed by atoms with Gasteiger partial charge in [-0.2, -0.15) is 0 Å². The van der Waals surface area contributed by atoms with Crippen LogP contribution in [-0.2, 0) is 9.59 Å². The fraction of sp³-hybridized carbons (Fsp3) is 0.0370. The second-order valence-corrected chi connectivity index (χ2v) is 8.17. The first-order valence-corrected chi connectivity index (χ1v) is 10.6. The van der Waals surface area contributed by atoms with Crippen molar-refractivity contribution in [1.29, 1.82) is 0 Å². The number of anilines is 1. The van der Waals surface area contributed by atoms with E-state index in [1.807, 2.05) is 30.3 Å². The Morgan fingerprint density at radius 1 is 0.848 bits per heavy atom. The molecule has 0 aliphatic carbocycles. The summed E-state index contributed by atoms with van der Waals surface area (Å²) in [7, 11) is 0. The molecule has 6 heteroatoms. The smallest absolute Gasteiger partial charge is 0.300 e. The molecule has 1 saturated heterocycles. The standard InChI is InChI=1S/C27H17ClFNO3/c28-19-11-13-20(14-12-19)30-24(21-7-3-4-8-22(21)29)23(26(32)27(30)33)25(31)18-10-9-16-5-1-2-6-17(16)15-18/h1-15,24,31H/b25-23+. The van der Waals surface area contributed by atoms with Gasteiger partial charge in [0.1, 0.15) is 11.6 Å². The Hall–Kier alpha value is -3.96. The summed E-state index contributed by atoms with van der Waals surface area (Å²) in [5.41, 5.74) is 0.667. The van der Waals surface area contributed by atoms with Crippen molar-refractivity contribution in [3.8, 4) is 0 Å². The molecule has 33 heavy (non-hydrogen) atoms. The lowest BCUT2D eigenvalue weighted by molar-refractivity contribution is -0.132. The molecule has 1 N–H and O–H groups in total. The van der Waals surface area contributed by atoms with Gasteiger partial charge in [-0.1, -0.05) is 66.2 Å². The van der Waals surface area contributed by atoms with E-state index in [0.29, 0.717) is 16.3 Å². The maximum Gasteiger partial charge on any atom is 0.300 e. The minimum Gasteiger partial charge on any atom is -0.507 e. The molecule has 0 radical (unpaired) electrons. The zero-order valence-corrected chi connectivity index (χ0v) is 18.0. The number of hydrogen-bond donors (Lipinski definition) is 1. The van der Waals surface area contributed by atoms with E-state index < -0.39 is 23.5 Å². The zero-order valence-electron chi connectivity index (χ0n) is 17.2. The Labute approximate surface area is 194 Å². The summed E-state index contributed by atoms with van der Waals surface area (Å²) in [6.45, 7) is 0. The van der Waals surface area contributed by atoms with E-state index in [1.165, 1.54) is 23.1 Å². The summed E-state index contributed by atoms with van der Waals surface area (Å²) in [6.07, 6.45) is 0. The van der Waals surface area contributed by atoms with E-state index in [4.69, 9.17) is 11.6 Å². The van der Waals surface area contributed by atoms with Crippen LogP contribution < -0.4 is 4.90 Å². The van der Waals surface area contributed by atoms with Crippen LogP contribution in [0, 0.1) is 5.82 Å². The van der Waals surface area contributed by atoms with Gasteiger partial charge in [0.25, 0.3) is 11.7 Å². The second kappa shape index (κ2) is 8.19. The van der Waals surface area contributed by atoms with Gasteiger partial charge in [-0.3, -0.25) is 14.5 Å². The lowest BCUT2D eigenvalue weighted by Gasteiger charge is -2.25. The Morgan fingerprint density at radius 3 is 2.24 bits per heavy atom. The minimum absolute atomic E-state index is 0.106. The number of benzene rings is 4. The normalized spacial score (nSPS) is 17.6. The van der Waals surface area contributed by atoms with Gasteiger partial charge in [-0.25, -0.2) is 4.39 Å². The molecule has 0 saturated carbocycles. The van der Waals surface area contributed by atoms with Crippen LogP contribution in [0.25, 0.3) is 16.5 Å². The molecule has 1 amide bonds. The zero-order chi connectivity index (χ0) is 23.1. The molecule has 1 atom stereocenters. The number of rotatable bonds is 3. The topological polar surface area (TPSA) is 57.6 Å². The van der Waals surface area contributed by atoms with Crippen molar-refractivity contribution in [2.24, 2.45) is 0 Å². The van der Waals surface area contributed by atoms with E-state index in [1.54, 1.807) is 42.5 Å². The third kappa shape index (κ3) is 3.56. The summed E-state index contributed by atoms with van der Waals surface area (Å²) >= 11 is 5.99. The summed E-state index contributed by atoms with van der Waals surface area (Å²) in [6, 6.07) is 23.9.